The first-order valence-electron chi connectivity index (χ1n) is 9.55. The average Bonchev–Trinajstić information content (AvgIpc) is 3.24. The third-order valence-corrected chi connectivity index (χ3v) is 4.09. The number of hydrogen-bond acceptors (Lipinski definition) is 5. The number of amides is 2. The quantitative estimate of drug-likeness (QED) is 0.527. The summed E-state index contributed by atoms with van der Waals surface area (Å²) >= 11 is 0. The summed E-state index contributed by atoms with van der Waals surface area (Å²) in [5, 5.41) is 5.45. The summed E-state index contributed by atoms with van der Waals surface area (Å²) in [7, 11) is 0. The Morgan fingerprint density at radius 3 is 2.47 bits per heavy atom. The van der Waals surface area contributed by atoms with E-state index >= 15 is 0 Å². The average molecular weight is 408 g/mol. The smallest absolute Gasteiger partial charge is 0.291 e. The summed E-state index contributed by atoms with van der Waals surface area (Å²) in [6.45, 7) is 4.61. The van der Waals surface area contributed by atoms with Crippen LogP contribution in [0, 0.1) is 13.8 Å². The molecule has 0 bridgehead atoms. The molecule has 3 aromatic rings. The number of anilines is 1. The van der Waals surface area contributed by atoms with Gasteiger partial charge in [0.1, 0.15) is 18.1 Å². The van der Waals surface area contributed by atoms with Gasteiger partial charge >= 0.3 is 0 Å². The van der Waals surface area contributed by atoms with Crippen LogP contribution in [0.4, 0.5) is 5.69 Å². The van der Waals surface area contributed by atoms with Crippen molar-refractivity contribution in [3.8, 4) is 11.5 Å². The zero-order valence-corrected chi connectivity index (χ0v) is 16.9. The van der Waals surface area contributed by atoms with Crippen LogP contribution in [-0.2, 0) is 4.79 Å². The van der Waals surface area contributed by atoms with Gasteiger partial charge in [0.05, 0.1) is 12.8 Å². The maximum atomic E-state index is 12.0. The lowest BCUT2D eigenvalue weighted by atomic mass is 10.1. The summed E-state index contributed by atoms with van der Waals surface area (Å²) in [6, 6.07) is 16.0. The van der Waals surface area contributed by atoms with Crippen molar-refractivity contribution in [1.29, 1.82) is 0 Å². The molecule has 0 saturated heterocycles. The third kappa shape index (κ3) is 6.41. The molecule has 0 radical (unpaired) electrons. The van der Waals surface area contributed by atoms with E-state index in [9.17, 15) is 9.59 Å². The van der Waals surface area contributed by atoms with E-state index in [-0.39, 0.29) is 24.2 Å². The number of rotatable bonds is 9. The molecule has 0 atom stereocenters. The lowest BCUT2D eigenvalue weighted by Crippen LogP contribution is -2.32. The highest BCUT2D eigenvalue weighted by atomic mass is 16.5. The molecule has 0 aliphatic heterocycles. The van der Waals surface area contributed by atoms with Gasteiger partial charge in [-0.15, -0.1) is 0 Å². The second-order valence-corrected chi connectivity index (χ2v) is 6.77. The van der Waals surface area contributed by atoms with Crippen molar-refractivity contribution in [2.75, 3.05) is 25.1 Å². The van der Waals surface area contributed by atoms with Gasteiger partial charge in [-0.3, -0.25) is 9.59 Å². The maximum Gasteiger partial charge on any atom is 0.291 e. The van der Waals surface area contributed by atoms with E-state index in [4.69, 9.17) is 13.9 Å². The predicted octanol–water partition coefficient (Wildman–Crippen LogP) is 3.72. The Morgan fingerprint density at radius 2 is 1.73 bits per heavy atom. The molecule has 0 aliphatic carbocycles. The second kappa shape index (κ2) is 10.2. The number of furan rings is 1. The van der Waals surface area contributed by atoms with E-state index < -0.39 is 0 Å². The van der Waals surface area contributed by atoms with Crippen LogP contribution in [0.25, 0.3) is 0 Å². The zero-order chi connectivity index (χ0) is 21.3. The van der Waals surface area contributed by atoms with Gasteiger partial charge in [0, 0.05) is 11.8 Å². The van der Waals surface area contributed by atoms with Crippen molar-refractivity contribution >= 4 is 17.5 Å². The molecule has 1 aromatic heterocycles. The SMILES string of the molecule is Cc1cc(C)cc(OCCNC(=O)COc2cccc(NC(=O)c3ccco3)c2)c1. The Labute approximate surface area is 175 Å². The monoisotopic (exact) mass is 408 g/mol. The lowest BCUT2D eigenvalue weighted by Gasteiger charge is -2.11. The maximum absolute atomic E-state index is 12.0. The summed E-state index contributed by atoms with van der Waals surface area (Å²) < 4.78 is 16.2. The molecule has 0 spiro atoms. The normalized spacial score (nSPS) is 10.3. The molecule has 0 saturated carbocycles. The highest BCUT2D eigenvalue weighted by molar-refractivity contribution is 6.02. The van der Waals surface area contributed by atoms with E-state index in [1.807, 2.05) is 26.0 Å². The first-order chi connectivity index (χ1) is 14.5. The van der Waals surface area contributed by atoms with E-state index in [1.165, 1.54) is 6.26 Å². The highest BCUT2D eigenvalue weighted by Crippen LogP contribution is 2.18. The lowest BCUT2D eigenvalue weighted by molar-refractivity contribution is -0.123. The molecule has 7 nitrogen and oxygen atoms in total. The minimum absolute atomic E-state index is 0.140. The van der Waals surface area contributed by atoms with Gasteiger partial charge in [-0.2, -0.15) is 0 Å². The molecule has 2 amide bonds. The molecule has 3 rings (SSSR count). The molecule has 0 fully saturated rings. The zero-order valence-electron chi connectivity index (χ0n) is 16.9. The fourth-order valence-electron chi connectivity index (χ4n) is 2.84. The molecule has 0 aliphatic rings. The Hall–Kier alpha value is -3.74. The summed E-state index contributed by atoms with van der Waals surface area (Å²) in [6.07, 6.45) is 1.43. The number of nitrogens with one attached hydrogen (secondary N) is 2. The Kier molecular flexibility index (Phi) is 7.10. The van der Waals surface area contributed by atoms with Crippen molar-refractivity contribution in [2.45, 2.75) is 13.8 Å². The second-order valence-electron chi connectivity index (χ2n) is 6.77. The van der Waals surface area contributed by atoms with Gasteiger partial charge in [-0.25, -0.2) is 0 Å². The first-order valence-corrected chi connectivity index (χ1v) is 9.55. The first kappa shape index (κ1) is 21.0. The van der Waals surface area contributed by atoms with E-state index in [1.54, 1.807) is 36.4 Å². The van der Waals surface area contributed by atoms with Gasteiger partial charge in [0.25, 0.3) is 11.8 Å². The van der Waals surface area contributed by atoms with Crippen LogP contribution in [0.1, 0.15) is 21.7 Å². The van der Waals surface area contributed by atoms with Crippen molar-refractivity contribution < 1.29 is 23.5 Å². The van der Waals surface area contributed by atoms with Crippen LogP contribution in [-0.4, -0.2) is 31.6 Å². The van der Waals surface area contributed by atoms with Gasteiger partial charge in [-0.05, 0) is 61.4 Å². The fraction of sp³-hybridized carbons (Fsp3) is 0.217. The van der Waals surface area contributed by atoms with Crippen molar-refractivity contribution in [3.63, 3.8) is 0 Å². The molecule has 2 aromatic carbocycles. The summed E-state index contributed by atoms with van der Waals surface area (Å²) in [5.74, 6) is 0.840. The molecule has 2 N–H and O–H groups in total. The summed E-state index contributed by atoms with van der Waals surface area (Å²) in [5.41, 5.74) is 2.80. The number of hydrogen-bond donors (Lipinski definition) is 2. The fourth-order valence-corrected chi connectivity index (χ4v) is 2.84. The molecular formula is C23H24N2O5. The third-order valence-electron chi connectivity index (χ3n) is 4.09. The predicted molar refractivity (Wildman–Crippen MR) is 113 cm³/mol. The van der Waals surface area contributed by atoms with E-state index in [0.717, 1.165) is 16.9 Å². The Morgan fingerprint density at radius 1 is 0.933 bits per heavy atom. The van der Waals surface area contributed by atoms with Gasteiger partial charge in [0.15, 0.2) is 12.4 Å². The molecule has 156 valence electrons. The van der Waals surface area contributed by atoms with Crippen LogP contribution in [0.15, 0.2) is 65.3 Å². The van der Waals surface area contributed by atoms with Crippen LogP contribution >= 0.6 is 0 Å². The molecular weight excluding hydrogens is 384 g/mol. The number of benzene rings is 2. The number of carbonyl (C=O) groups excluding carboxylic acids is 2. The van der Waals surface area contributed by atoms with E-state index in [2.05, 4.69) is 16.7 Å². The van der Waals surface area contributed by atoms with Crippen LogP contribution in [0.3, 0.4) is 0 Å². The van der Waals surface area contributed by atoms with Crippen LogP contribution in [0.2, 0.25) is 0 Å². The largest absolute Gasteiger partial charge is 0.492 e. The van der Waals surface area contributed by atoms with Crippen LogP contribution < -0.4 is 20.1 Å². The van der Waals surface area contributed by atoms with Gasteiger partial charge in [0.2, 0.25) is 0 Å². The molecule has 7 heteroatoms. The molecule has 1 heterocycles. The van der Waals surface area contributed by atoms with Crippen LogP contribution in [0.5, 0.6) is 11.5 Å². The van der Waals surface area contributed by atoms with Crippen molar-refractivity contribution in [3.05, 3.63) is 77.7 Å². The number of ether oxygens (including phenoxy) is 2. The van der Waals surface area contributed by atoms with Gasteiger partial charge in [-0.1, -0.05) is 12.1 Å². The number of aryl methyl sites for hydroxylation is 2. The van der Waals surface area contributed by atoms with Gasteiger partial charge < -0.3 is 24.5 Å². The standard InChI is InChI=1S/C23H24N2O5/c1-16-11-17(2)13-20(12-16)28-10-8-24-22(26)15-30-19-6-3-5-18(14-19)25-23(27)21-7-4-9-29-21/h3-7,9,11-14H,8,10,15H2,1-2H3,(H,24,26)(H,25,27). The Bertz CT molecular complexity index is 978. The highest BCUT2D eigenvalue weighted by Gasteiger charge is 2.09. The Balaban J connectivity index is 1.39. The number of carbonyl (C=O) groups is 2. The topological polar surface area (TPSA) is 89.8 Å². The molecule has 0 unspecified atom stereocenters. The van der Waals surface area contributed by atoms with Crippen molar-refractivity contribution in [1.82, 2.24) is 5.32 Å². The summed E-state index contributed by atoms with van der Waals surface area (Å²) in [4.78, 5) is 24.0. The minimum Gasteiger partial charge on any atom is -0.492 e. The molecule has 30 heavy (non-hydrogen) atoms. The minimum atomic E-state index is -0.362. The van der Waals surface area contributed by atoms with Crippen molar-refractivity contribution in [2.24, 2.45) is 0 Å². The van der Waals surface area contributed by atoms with E-state index in [0.29, 0.717) is 24.6 Å².